The number of amides is 2. The maximum Gasteiger partial charge on any atom is 0.319 e. The highest BCUT2D eigenvalue weighted by atomic mass is 35.5. The predicted octanol–water partition coefficient (Wildman–Crippen LogP) is 5.50. The van der Waals surface area contributed by atoms with Crippen molar-refractivity contribution in [2.75, 3.05) is 45.6 Å². The lowest BCUT2D eigenvalue weighted by molar-refractivity contribution is 0.251. The number of rotatable bonds is 11. The van der Waals surface area contributed by atoms with Crippen LogP contribution in [-0.2, 0) is 0 Å². The van der Waals surface area contributed by atoms with E-state index < -0.39 is 0 Å². The number of anilines is 1. The molecule has 0 radical (unpaired) electrons. The topological polar surface area (TPSA) is 69.3 Å². The molecule has 6 nitrogen and oxygen atoms in total. The molecule has 8 heteroatoms. The number of pyridine rings is 1. The lowest BCUT2D eigenvalue weighted by Crippen LogP contribution is -2.34. The third-order valence-electron chi connectivity index (χ3n) is 5.41. The number of hydrogen-bond acceptors (Lipinski definition) is 4. The zero-order valence-electron chi connectivity index (χ0n) is 19.5. The Balaban J connectivity index is 1.63. The molecule has 3 aromatic rings. The van der Waals surface area contributed by atoms with Crippen LogP contribution in [0, 0.1) is 0 Å². The highest BCUT2D eigenvalue weighted by Crippen LogP contribution is 2.25. The molecule has 34 heavy (non-hydrogen) atoms. The van der Waals surface area contributed by atoms with Crippen molar-refractivity contribution < 1.29 is 4.79 Å². The van der Waals surface area contributed by atoms with Gasteiger partial charge in [0, 0.05) is 53.7 Å². The average molecular weight is 500 g/mol. The number of benzene rings is 2. The van der Waals surface area contributed by atoms with Crippen LogP contribution in [0.3, 0.4) is 0 Å². The maximum atomic E-state index is 12.5. The predicted molar refractivity (Wildman–Crippen MR) is 142 cm³/mol. The number of halogens is 2. The van der Waals surface area contributed by atoms with Crippen molar-refractivity contribution in [3.63, 3.8) is 0 Å². The molecule has 1 aromatic heterocycles. The van der Waals surface area contributed by atoms with Gasteiger partial charge < -0.3 is 20.9 Å². The van der Waals surface area contributed by atoms with Gasteiger partial charge in [0.15, 0.2) is 0 Å². The van der Waals surface area contributed by atoms with Gasteiger partial charge in [-0.25, -0.2) is 4.79 Å². The van der Waals surface area contributed by atoms with E-state index in [1.165, 1.54) is 5.56 Å². The smallest absolute Gasteiger partial charge is 0.319 e. The Morgan fingerprint density at radius 1 is 1.00 bits per heavy atom. The van der Waals surface area contributed by atoms with Gasteiger partial charge in [-0.05, 0) is 68.0 Å². The van der Waals surface area contributed by atoms with Crippen LogP contribution < -0.4 is 16.0 Å². The second kappa shape index (κ2) is 13.3. The molecule has 3 rings (SSSR count). The molecule has 3 N–H and O–H groups in total. The maximum absolute atomic E-state index is 12.5. The number of likely N-dealkylation sites (N-methyl/N-ethyl adjacent to an activating group) is 1. The molecule has 0 spiro atoms. The number of hydrogen-bond donors (Lipinski definition) is 3. The molecular formula is C26H31Cl2N5O. The first kappa shape index (κ1) is 26.0. The quantitative estimate of drug-likeness (QED) is 0.304. The van der Waals surface area contributed by atoms with E-state index in [2.05, 4.69) is 64.2 Å². The number of carbonyl (C=O) groups is 1. The first-order valence-electron chi connectivity index (χ1n) is 11.3. The minimum atomic E-state index is -0.295. The molecule has 1 unspecified atom stereocenters. The van der Waals surface area contributed by atoms with Gasteiger partial charge in [-0.2, -0.15) is 0 Å². The van der Waals surface area contributed by atoms with E-state index in [0.717, 1.165) is 37.2 Å². The second-order valence-electron chi connectivity index (χ2n) is 8.40. The average Bonchev–Trinajstić information content (AvgIpc) is 2.80. The van der Waals surface area contributed by atoms with Gasteiger partial charge >= 0.3 is 6.03 Å². The van der Waals surface area contributed by atoms with Crippen LogP contribution in [0.4, 0.5) is 10.5 Å². The summed E-state index contributed by atoms with van der Waals surface area (Å²) in [6, 6.07) is 17.1. The van der Waals surface area contributed by atoms with Crippen molar-refractivity contribution in [1.82, 2.24) is 20.5 Å². The normalized spacial score (nSPS) is 11.9. The Labute approximate surface area is 211 Å². The zero-order valence-corrected chi connectivity index (χ0v) is 21.0. The summed E-state index contributed by atoms with van der Waals surface area (Å²) in [7, 11) is 4.12. The molecule has 180 valence electrons. The minimum Gasteiger partial charge on any atom is -0.337 e. The first-order valence-corrected chi connectivity index (χ1v) is 12.0. The summed E-state index contributed by atoms with van der Waals surface area (Å²) in [5.41, 5.74) is 3.92. The summed E-state index contributed by atoms with van der Waals surface area (Å²) >= 11 is 12.1. The Kier molecular flexibility index (Phi) is 10.2. The summed E-state index contributed by atoms with van der Waals surface area (Å²) in [4.78, 5) is 18.9. The molecule has 0 saturated heterocycles. The van der Waals surface area contributed by atoms with Crippen LogP contribution in [0.15, 0.2) is 67.0 Å². The third-order valence-corrected chi connectivity index (χ3v) is 5.85. The van der Waals surface area contributed by atoms with Crippen molar-refractivity contribution >= 4 is 34.9 Å². The van der Waals surface area contributed by atoms with Crippen LogP contribution >= 0.6 is 23.2 Å². The summed E-state index contributed by atoms with van der Waals surface area (Å²) < 4.78 is 0. The van der Waals surface area contributed by atoms with Gasteiger partial charge in [-0.15, -0.1) is 0 Å². The van der Waals surface area contributed by atoms with E-state index in [4.69, 9.17) is 23.2 Å². The van der Waals surface area contributed by atoms with Crippen molar-refractivity contribution in [3.8, 4) is 11.1 Å². The molecule has 2 amide bonds. The van der Waals surface area contributed by atoms with Crippen LogP contribution in [0.2, 0.25) is 10.0 Å². The molecule has 0 bridgehead atoms. The summed E-state index contributed by atoms with van der Waals surface area (Å²) in [5.74, 6) is 0.156. The Hall–Kier alpha value is -2.64. The van der Waals surface area contributed by atoms with E-state index in [1.54, 1.807) is 24.4 Å². The van der Waals surface area contributed by atoms with E-state index in [-0.39, 0.29) is 11.9 Å². The Morgan fingerprint density at radius 3 is 2.38 bits per heavy atom. The van der Waals surface area contributed by atoms with E-state index in [9.17, 15) is 4.79 Å². The zero-order chi connectivity index (χ0) is 24.3. The van der Waals surface area contributed by atoms with Crippen molar-refractivity contribution in [2.24, 2.45) is 0 Å². The van der Waals surface area contributed by atoms with Crippen molar-refractivity contribution in [1.29, 1.82) is 0 Å². The molecule has 0 fully saturated rings. The molecule has 0 aliphatic carbocycles. The van der Waals surface area contributed by atoms with Gasteiger partial charge in [0.25, 0.3) is 0 Å². The highest BCUT2D eigenvalue weighted by Gasteiger charge is 2.14. The first-order chi connectivity index (χ1) is 16.4. The number of nitrogens with zero attached hydrogens (tertiary/aromatic N) is 2. The molecule has 1 heterocycles. The van der Waals surface area contributed by atoms with Crippen LogP contribution in [0.25, 0.3) is 11.1 Å². The Morgan fingerprint density at radius 2 is 1.74 bits per heavy atom. The van der Waals surface area contributed by atoms with Gasteiger partial charge in [0.05, 0.1) is 0 Å². The van der Waals surface area contributed by atoms with Gasteiger partial charge in [0.1, 0.15) is 0 Å². The van der Waals surface area contributed by atoms with Gasteiger partial charge in [-0.1, -0.05) is 53.5 Å². The molecular weight excluding hydrogens is 469 g/mol. The molecule has 2 aromatic carbocycles. The SMILES string of the molecule is CN(C)CCNCCC(CNC(=O)Nc1cc(Cl)cc(Cl)c1)c1ccc(-c2cccnc2)cc1. The molecule has 1 atom stereocenters. The van der Waals surface area contributed by atoms with E-state index in [0.29, 0.717) is 22.3 Å². The second-order valence-corrected chi connectivity index (χ2v) is 9.27. The van der Waals surface area contributed by atoms with Crippen molar-refractivity contribution in [2.45, 2.75) is 12.3 Å². The summed E-state index contributed by atoms with van der Waals surface area (Å²) in [5, 5.41) is 10.2. The monoisotopic (exact) mass is 499 g/mol. The Bertz CT molecular complexity index is 1020. The van der Waals surface area contributed by atoms with Crippen molar-refractivity contribution in [3.05, 3.63) is 82.6 Å². The van der Waals surface area contributed by atoms with E-state index in [1.807, 2.05) is 18.3 Å². The number of carbonyl (C=O) groups excluding carboxylic acids is 1. The lowest BCUT2D eigenvalue weighted by Gasteiger charge is -2.20. The largest absolute Gasteiger partial charge is 0.337 e. The van der Waals surface area contributed by atoms with Gasteiger partial charge in [-0.3, -0.25) is 4.98 Å². The third kappa shape index (κ3) is 8.61. The molecule has 0 aliphatic rings. The highest BCUT2D eigenvalue weighted by molar-refractivity contribution is 6.35. The fraction of sp³-hybridized carbons (Fsp3) is 0.308. The van der Waals surface area contributed by atoms with Crippen LogP contribution in [0.1, 0.15) is 17.9 Å². The number of aromatic nitrogens is 1. The summed E-state index contributed by atoms with van der Waals surface area (Å²) in [6.45, 7) is 3.26. The van der Waals surface area contributed by atoms with Gasteiger partial charge in [0.2, 0.25) is 0 Å². The number of urea groups is 1. The van der Waals surface area contributed by atoms with Crippen LogP contribution in [-0.4, -0.2) is 56.2 Å². The number of nitrogens with one attached hydrogen (secondary N) is 3. The lowest BCUT2D eigenvalue weighted by atomic mass is 9.93. The molecule has 0 saturated carbocycles. The fourth-order valence-corrected chi connectivity index (χ4v) is 4.12. The van der Waals surface area contributed by atoms with Crippen LogP contribution in [0.5, 0.6) is 0 Å². The standard InChI is InChI=1S/C26H31Cl2N5O/c1-33(2)13-12-29-11-9-22(18-31-26(34)32-25-15-23(27)14-24(28)16-25)20-7-5-19(6-8-20)21-4-3-10-30-17-21/h3-8,10,14-17,22,29H,9,11-13,18H2,1-2H3,(H2,31,32,34). The minimum absolute atomic E-state index is 0.156. The van der Waals surface area contributed by atoms with E-state index >= 15 is 0 Å². The summed E-state index contributed by atoms with van der Waals surface area (Å²) in [6.07, 6.45) is 4.52. The molecule has 0 aliphatic heterocycles. The fourth-order valence-electron chi connectivity index (χ4n) is 3.59.